The minimum atomic E-state index is -0.752. The second-order valence-electron chi connectivity index (χ2n) is 4.62. The van der Waals surface area contributed by atoms with Crippen LogP contribution in [0, 0.1) is 6.92 Å². The molecular weight excluding hydrogens is 284 g/mol. The lowest BCUT2D eigenvalue weighted by molar-refractivity contribution is -0.137. The van der Waals surface area contributed by atoms with Gasteiger partial charge in [-0.05, 0) is 31.4 Å². The van der Waals surface area contributed by atoms with Gasteiger partial charge in [0.25, 0.3) is 0 Å². The van der Waals surface area contributed by atoms with Crippen LogP contribution in [0.2, 0.25) is 0 Å². The number of methoxy groups -OCH3 is 1. The number of carboxylic acids is 1. The summed E-state index contributed by atoms with van der Waals surface area (Å²) in [6.07, 6.45) is 2.00. The van der Waals surface area contributed by atoms with Gasteiger partial charge < -0.3 is 9.84 Å². The summed E-state index contributed by atoms with van der Waals surface area (Å²) in [5.74, 6) is 0.0658. The van der Waals surface area contributed by atoms with Crippen molar-refractivity contribution in [2.45, 2.75) is 31.6 Å². The molecule has 0 radical (unpaired) electrons. The van der Waals surface area contributed by atoms with E-state index in [1.165, 1.54) is 0 Å². The molecule has 0 amide bonds. The predicted octanol–water partition coefficient (Wildman–Crippen LogP) is 3.27. The molecule has 1 N–H and O–H groups in total. The molecule has 0 unspecified atom stereocenters. The van der Waals surface area contributed by atoms with Crippen LogP contribution in [0.5, 0.6) is 5.75 Å². The van der Waals surface area contributed by atoms with Crippen molar-refractivity contribution in [1.29, 1.82) is 0 Å². The first-order chi connectivity index (χ1) is 8.00. The second-order valence-corrected chi connectivity index (χ2v) is 5.48. The van der Waals surface area contributed by atoms with Gasteiger partial charge >= 0.3 is 5.97 Å². The van der Waals surface area contributed by atoms with E-state index in [4.69, 9.17) is 9.84 Å². The molecule has 1 saturated carbocycles. The van der Waals surface area contributed by atoms with E-state index in [-0.39, 0.29) is 11.8 Å². The molecule has 17 heavy (non-hydrogen) atoms. The standard InChI is InChI=1S/C13H15BrO3/c1-8-3-4-9(14)11(12(8)17-2)13(5-6-13)7-10(15)16/h3-4H,5-7H2,1-2H3,(H,15,16). The van der Waals surface area contributed by atoms with Crippen molar-refractivity contribution in [1.82, 2.24) is 0 Å². The average molecular weight is 299 g/mol. The van der Waals surface area contributed by atoms with Crippen molar-refractivity contribution in [2.75, 3.05) is 7.11 Å². The fourth-order valence-electron chi connectivity index (χ4n) is 2.38. The van der Waals surface area contributed by atoms with Crippen molar-refractivity contribution < 1.29 is 14.6 Å². The third-order valence-electron chi connectivity index (χ3n) is 3.38. The zero-order valence-electron chi connectivity index (χ0n) is 9.92. The predicted molar refractivity (Wildman–Crippen MR) is 68.6 cm³/mol. The average Bonchev–Trinajstić information content (AvgIpc) is 3.00. The van der Waals surface area contributed by atoms with Crippen LogP contribution in [-0.2, 0) is 10.2 Å². The lowest BCUT2D eigenvalue weighted by atomic mass is 9.90. The van der Waals surface area contributed by atoms with E-state index in [9.17, 15) is 4.79 Å². The minimum absolute atomic E-state index is 0.172. The lowest BCUT2D eigenvalue weighted by Gasteiger charge is -2.20. The quantitative estimate of drug-likeness (QED) is 0.928. The number of carbonyl (C=O) groups is 1. The number of rotatable bonds is 4. The van der Waals surface area contributed by atoms with Gasteiger partial charge in [-0.2, -0.15) is 0 Å². The fourth-order valence-corrected chi connectivity index (χ4v) is 3.11. The Labute approximate surface area is 109 Å². The van der Waals surface area contributed by atoms with Crippen LogP contribution in [0.1, 0.15) is 30.4 Å². The van der Waals surface area contributed by atoms with Crippen molar-refractivity contribution >= 4 is 21.9 Å². The van der Waals surface area contributed by atoms with Crippen LogP contribution < -0.4 is 4.74 Å². The third-order valence-corrected chi connectivity index (χ3v) is 4.04. The Hall–Kier alpha value is -1.03. The van der Waals surface area contributed by atoms with Gasteiger partial charge in [0.2, 0.25) is 0 Å². The molecule has 0 heterocycles. The number of aryl methyl sites for hydroxylation is 1. The van der Waals surface area contributed by atoms with Gasteiger partial charge in [0.05, 0.1) is 13.5 Å². The molecule has 1 fully saturated rings. The van der Waals surface area contributed by atoms with Crippen LogP contribution in [0.25, 0.3) is 0 Å². The zero-order chi connectivity index (χ0) is 12.6. The molecule has 0 atom stereocenters. The normalized spacial score (nSPS) is 16.6. The van der Waals surface area contributed by atoms with E-state index in [0.29, 0.717) is 0 Å². The summed E-state index contributed by atoms with van der Waals surface area (Å²) in [4.78, 5) is 11.0. The number of halogens is 1. The number of aliphatic carboxylic acids is 1. The van der Waals surface area contributed by atoms with Gasteiger partial charge in [0.15, 0.2) is 0 Å². The van der Waals surface area contributed by atoms with Crippen molar-refractivity contribution in [3.8, 4) is 5.75 Å². The van der Waals surface area contributed by atoms with Gasteiger partial charge in [-0.3, -0.25) is 4.79 Å². The van der Waals surface area contributed by atoms with Crippen molar-refractivity contribution in [3.05, 3.63) is 27.7 Å². The summed E-state index contributed by atoms with van der Waals surface area (Å²) in [5.41, 5.74) is 1.83. The molecule has 0 aromatic heterocycles. The molecule has 92 valence electrons. The maximum absolute atomic E-state index is 11.0. The summed E-state index contributed by atoms with van der Waals surface area (Å²) in [7, 11) is 1.63. The minimum Gasteiger partial charge on any atom is -0.496 e. The summed E-state index contributed by atoms with van der Waals surface area (Å²) in [6, 6.07) is 3.94. The molecule has 4 heteroatoms. The van der Waals surface area contributed by atoms with E-state index >= 15 is 0 Å². The molecule has 2 rings (SSSR count). The maximum Gasteiger partial charge on any atom is 0.304 e. The molecule has 1 aliphatic carbocycles. The maximum atomic E-state index is 11.0. The summed E-state index contributed by atoms with van der Waals surface area (Å²) >= 11 is 3.51. The van der Waals surface area contributed by atoms with Gasteiger partial charge in [-0.1, -0.05) is 22.0 Å². The highest BCUT2D eigenvalue weighted by Gasteiger charge is 2.49. The molecule has 0 saturated heterocycles. The Morgan fingerprint density at radius 2 is 2.18 bits per heavy atom. The monoisotopic (exact) mass is 298 g/mol. The highest BCUT2D eigenvalue weighted by molar-refractivity contribution is 9.10. The Bertz CT molecular complexity index is 464. The third kappa shape index (κ3) is 2.18. The zero-order valence-corrected chi connectivity index (χ0v) is 11.5. The van der Waals surface area contributed by atoms with Gasteiger partial charge in [0.1, 0.15) is 5.75 Å². The molecule has 3 nitrogen and oxygen atoms in total. The van der Waals surface area contributed by atoms with Crippen molar-refractivity contribution in [2.24, 2.45) is 0 Å². The molecule has 0 bridgehead atoms. The molecule has 1 aromatic rings. The summed E-state index contributed by atoms with van der Waals surface area (Å²) < 4.78 is 6.39. The number of carboxylic acid groups (broad SMARTS) is 1. The fraction of sp³-hybridized carbons (Fsp3) is 0.462. The first kappa shape index (κ1) is 12.4. The SMILES string of the molecule is COc1c(C)ccc(Br)c1C1(CC(=O)O)CC1. The van der Waals surface area contributed by atoms with E-state index in [2.05, 4.69) is 15.9 Å². The largest absolute Gasteiger partial charge is 0.496 e. The summed E-state index contributed by atoms with van der Waals surface area (Å²) in [5, 5.41) is 9.02. The van der Waals surface area contributed by atoms with Gasteiger partial charge in [0, 0.05) is 15.5 Å². The number of ether oxygens (including phenoxy) is 1. The van der Waals surface area contributed by atoms with Crippen LogP contribution in [-0.4, -0.2) is 18.2 Å². The van der Waals surface area contributed by atoms with E-state index in [1.807, 2.05) is 19.1 Å². The van der Waals surface area contributed by atoms with Crippen LogP contribution in [0.3, 0.4) is 0 Å². The molecule has 0 aliphatic heterocycles. The van der Waals surface area contributed by atoms with Crippen LogP contribution in [0.4, 0.5) is 0 Å². The lowest BCUT2D eigenvalue weighted by Crippen LogP contribution is -2.15. The van der Waals surface area contributed by atoms with Crippen molar-refractivity contribution in [3.63, 3.8) is 0 Å². The van der Waals surface area contributed by atoms with Gasteiger partial charge in [-0.25, -0.2) is 0 Å². The van der Waals surface area contributed by atoms with E-state index < -0.39 is 5.97 Å². The second kappa shape index (κ2) is 4.33. The Balaban J connectivity index is 2.51. The summed E-state index contributed by atoms with van der Waals surface area (Å²) in [6.45, 7) is 1.98. The van der Waals surface area contributed by atoms with Crippen LogP contribution >= 0.6 is 15.9 Å². The van der Waals surface area contributed by atoms with E-state index in [1.54, 1.807) is 7.11 Å². The molecule has 1 aromatic carbocycles. The first-order valence-corrected chi connectivity index (χ1v) is 6.35. The first-order valence-electron chi connectivity index (χ1n) is 5.55. The number of benzene rings is 1. The Morgan fingerprint density at radius 3 is 2.65 bits per heavy atom. The van der Waals surface area contributed by atoms with E-state index in [0.717, 1.165) is 34.2 Å². The molecule has 1 aliphatic rings. The molecular formula is C13H15BrO3. The smallest absolute Gasteiger partial charge is 0.304 e. The van der Waals surface area contributed by atoms with Crippen LogP contribution in [0.15, 0.2) is 16.6 Å². The Kier molecular flexibility index (Phi) is 3.17. The number of hydrogen-bond donors (Lipinski definition) is 1. The number of hydrogen-bond acceptors (Lipinski definition) is 2. The Morgan fingerprint density at radius 1 is 1.53 bits per heavy atom. The highest BCUT2D eigenvalue weighted by atomic mass is 79.9. The molecule has 0 spiro atoms. The van der Waals surface area contributed by atoms with Gasteiger partial charge in [-0.15, -0.1) is 0 Å². The highest BCUT2D eigenvalue weighted by Crippen LogP contribution is 2.56. The topological polar surface area (TPSA) is 46.5 Å².